The Morgan fingerprint density at radius 2 is 0.953 bits per heavy atom. The molecule has 1 aliphatic rings. The van der Waals surface area contributed by atoms with E-state index in [1.807, 2.05) is 66.7 Å². The summed E-state index contributed by atoms with van der Waals surface area (Å²) in [5.41, 5.74) is 5.06. The zero-order valence-corrected chi connectivity index (χ0v) is 23.2. The Labute approximate surface area is 248 Å². The van der Waals surface area contributed by atoms with E-state index in [1.54, 1.807) is 6.08 Å². The summed E-state index contributed by atoms with van der Waals surface area (Å²) in [6.45, 7) is 0. The number of fused-ring (bicyclic) bond motifs is 5. The van der Waals surface area contributed by atoms with E-state index in [0.29, 0.717) is 11.1 Å². The fourth-order valence-corrected chi connectivity index (χ4v) is 6.25. The summed E-state index contributed by atoms with van der Waals surface area (Å²) in [5.74, 6) is -0.438. The van der Waals surface area contributed by atoms with Gasteiger partial charge in [-0.05, 0) is 81.0 Å². The van der Waals surface area contributed by atoms with Crippen molar-refractivity contribution in [2.24, 2.45) is 0 Å². The molecule has 0 N–H and O–H groups in total. The van der Waals surface area contributed by atoms with Gasteiger partial charge in [-0.25, -0.2) is 0 Å². The molecule has 0 aliphatic heterocycles. The van der Waals surface area contributed by atoms with Gasteiger partial charge >= 0.3 is 0 Å². The third-order valence-electron chi connectivity index (χ3n) is 8.33. The number of nitrogens with zero attached hydrogens (tertiary/aromatic N) is 1. The van der Waals surface area contributed by atoms with Gasteiger partial charge in [0.25, 0.3) is 0 Å². The highest BCUT2D eigenvalue weighted by molar-refractivity contribution is 6.42. The summed E-state index contributed by atoms with van der Waals surface area (Å²) in [6.07, 6.45) is 1.72. The van der Waals surface area contributed by atoms with Gasteiger partial charge in [0.15, 0.2) is 11.6 Å². The van der Waals surface area contributed by atoms with Crippen LogP contribution in [0.2, 0.25) is 0 Å². The first-order valence-corrected chi connectivity index (χ1v) is 14.4. The summed E-state index contributed by atoms with van der Waals surface area (Å²) < 4.78 is 0. The third-order valence-corrected chi connectivity index (χ3v) is 8.33. The fourth-order valence-electron chi connectivity index (χ4n) is 6.25. The Balaban J connectivity index is 1.23. The van der Waals surface area contributed by atoms with Crippen molar-refractivity contribution in [3.63, 3.8) is 0 Å². The van der Waals surface area contributed by atoms with Crippen LogP contribution in [0.5, 0.6) is 0 Å². The molecular formula is C40H25NO2. The number of anilines is 3. The van der Waals surface area contributed by atoms with Crippen LogP contribution in [0.15, 0.2) is 151 Å². The number of hydrogen-bond donors (Lipinski definition) is 0. The van der Waals surface area contributed by atoms with E-state index in [0.717, 1.165) is 38.8 Å². The summed E-state index contributed by atoms with van der Waals surface area (Å²) in [7, 11) is 0. The van der Waals surface area contributed by atoms with Gasteiger partial charge in [0.2, 0.25) is 0 Å². The van der Waals surface area contributed by atoms with Gasteiger partial charge in [-0.15, -0.1) is 0 Å². The van der Waals surface area contributed by atoms with Crippen LogP contribution in [0.1, 0.15) is 26.3 Å². The molecule has 0 saturated carbocycles. The Bertz CT molecular complexity index is 2210. The van der Waals surface area contributed by atoms with Crippen molar-refractivity contribution < 1.29 is 9.59 Å². The van der Waals surface area contributed by atoms with Crippen LogP contribution in [0.3, 0.4) is 0 Å². The lowest BCUT2D eigenvalue weighted by Crippen LogP contribution is -2.10. The van der Waals surface area contributed by atoms with Gasteiger partial charge in [-0.3, -0.25) is 9.59 Å². The van der Waals surface area contributed by atoms with Crippen molar-refractivity contribution in [1.82, 2.24) is 0 Å². The summed E-state index contributed by atoms with van der Waals surface area (Å²) in [6, 6.07) is 49.1. The summed E-state index contributed by atoms with van der Waals surface area (Å²) >= 11 is 0. The number of ketones is 2. The van der Waals surface area contributed by atoms with E-state index >= 15 is 0 Å². The lowest BCUT2D eigenvalue weighted by Gasteiger charge is -2.27. The molecule has 3 heteroatoms. The Kier molecular flexibility index (Phi) is 5.76. The highest BCUT2D eigenvalue weighted by Gasteiger charge is 2.33. The van der Waals surface area contributed by atoms with Crippen LogP contribution in [0, 0.1) is 0 Å². The largest absolute Gasteiger partial charge is 0.310 e. The minimum atomic E-state index is -0.219. The van der Waals surface area contributed by atoms with Gasteiger partial charge in [-0.2, -0.15) is 0 Å². The third kappa shape index (κ3) is 4.13. The zero-order chi connectivity index (χ0) is 28.9. The van der Waals surface area contributed by atoms with Crippen molar-refractivity contribution in [2.45, 2.75) is 0 Å². The molecule has 0 saturated heterocycles. The average molecular weight is 552 g/mol. The minimum absolute atomic E-state index is 0.207. The molecule has 0 radical (unpaired) electrons. The average Bonchev–Trinajstić information content (AvgIpc) is 3.29. The molecule has 0 fully saturated rings. The fraction of sp³-hybridized carbons (Fsp3) is 0. The monoisotopic (exact) mass is 551 g/mol. The first kappa shape index (κ1) is 25.0. The summed E-state index contributed by atoms with van der Waals surface area (Å²) in [4.78, 5) is 28.9. The number of para-hydroxylation sites is 1. The zero-order valence-electron chi connectivity index (χ0n) is 23.2. The van der Waals surface area contributed by atoms with Gasteiger partial charge in [-0.1, -0.05) is 103 Å². The van der Waals surface area contributed by atoms with Gasteiger partial charge < -0.3 is 4.90 Å². The molecule has 7 aromatic rings. The van der Waals surface area contributed by atoms with E-state index in [4.69, 9.17) is 0 Å². The second-order valence-corrected chi connectivity index (χ2v) is 10.9. The standard InChI is InChI=1S/C40H25NO2/c42-39-35-23-27-10-4-5-11-28(27)24-36(35)40(43)37(39)22-26-18-20-31(21-19-26)41(30-13-2-1-3-14-30)38-25-29-12-6-7-15-32(29)33-16-8-9-17-34(33)38/h1-25H. The van der Waals surface area contributed by atoms with Crippen molar-refractivity contribution in [3.05, 3.63) is 168 Å². The number of carbonyl (C=O) groups is 2. The highest BCUT2D eigenvalue weighted by atomic mass is 16.2. The number of benzene rings is 7. The molecule has 0 spiro atoms. The van der Waals surface area contributed by atoms with Crippen molar-refractivity contribution in [2.75, 3.05) is 4.90 Å². The van der Waals surface area contributed by atoms with Crippen molar-refractivity contribution >= 4 is 67.0 Å². The lowest BCUT2D eigenvalue weighted by atomic mass is 9.99. The minimum Gasteiger partial charge on any atom is -0.310 e. The number of hydrogen-bond acceptors (Lipinski definition) is 3. The van der Waals surface area contributed by atoms with Gasteiger partial charge in [0.1, 0.15) is 0 Å². The predicted octanol–water partition coefficient (Wildman–Crippen LogP) is 10.1. The Morgan fingerprint density at radius 3 is 1.60 bits per heavy atom. The number of Topliss-reactive ketones (excluding diaryl/α,β-unsaturated/α-hetero) is 2. The van der Waals surface area contributed by atoms with Crippen LogP contribution in [0.25, 0.3) is 38.4 Å². The molecule has 0 bridgehead atoms. The maximum Gasteiger partial charge on any atom is 0.197 e. The summed E-state index contributed by atoms with van der Waals surface area (Å²) in [5, 5.41) is 6.65. The Hall–Kier alpha value is -5.80. The quantitative estimate of drug-likeness (QED) is 0.124. The molecule has 0 atom stereocenters. The number of allylic oxidation sites excluding steroid dienone is 1. The molecular weight excluding hydrogens is 526 g/mol. The smallest absolute Gasteiger partial charge is 0.197 e. The maximum atomic E-state index is 13.3. The first-order chi connectivity index (χ1) is 21.2. The van der Waals surface area contributed by atoms with Crippen molar-refractivity contribution in [3.8, 4) is 0 Å². The van der Waals surface area contributed by atoms with Crippen LogP contribution in [0.4, 0.5) is 17.1 Å². The maximum absolute atomic E-state index is 13.3. The van der Waals surface area contributed by atoms with Crippen LogP contribution in [-0.2, 0) is 0 Å². The molecule has 202 valence electrons. The van der Waals surface area contributed by atoms with Crippen LogP contribution < -0.4 is 4.90 Å². The second-order valence-electron chi connectivity index (χ2n) is 10.9. The molecule has 7 aromatic carbocycles. The highest BCUT2D eigenvalue weighted by Crippen LogP contribution is 2.42. The molecule has 0 amide bonds. The van der Waals surface area contributed by atoms with E-state index in [2.05, 4.69) is 83.8 Å². The van der Waals surface area contributed by atoms with E-state index in [1.165, 1.54) is 16.2 Å². The molecule has 0 aromatic heterocycles. The molecule has 0 heterocycles. The van der Waals surface area contributed by atoms with E-state index in [-0.39, 0.29) is 17.1 Å². The molecule has 1 aliphatic carbocycles. The normalized spacial score (nSPS) is 12.7. The predicted molar refractivity (Wildman–Crippen MR) is 177 cm³/mol. The molecule has 3 nitrogen and oxygen atoms in total. The molecule has 8 rings (SSSR count). The van der Waals surface area contributed by atoms with E-state index in [9.17, 15) is 9.59 Å². The van der Waals surface area contributed by atoms with Gasteiger partial charge in [0, 0.05) is 27.9 Å². The van der Waals surface area contributed by atoms with E-state index < -0.39 is 0 Å². The first-order valence-electron chi connectivity index (χ1n) is 14.4. The Morgan fingerprint density at radius 1 is 0.442 bits per heavy atom. The van der Waals surface area contributed by atoms with Gasteiger partial charge in [0.05, 0.1) is 11.3 Å². The number of rotatable bonds is 4. The molecule has 43 heavy (non-hydrogen) atoms. The van der Waals surface area contributed by atoms with Crippen LogP contribution in [-0.4, -0.2) is 11.6 Å². The van der Waals surface area contributed by atoms with Crippen molar-refractivity contribution in [1.29, 1.82) is 0 Å². The molecule has 0 unspecified atom stereocenters. The lowest BCUT2D eigenvalue weighted by molar-refractivity contribution is 0.0990. The SMILES string of the molecule is O=C1C(=Cc2ccc(N(c3ccccc3)c3cc4ccccc4c4ccccc34)cc2)C(=O)c2cc3ccccc3cc21. The van der Waals surface area contributed by atoms with Crippen LogP contribution >= 0.6 is 0 Å². The second kappa shape index (κ2) is 9.93. The topological polar surface area (TPSA) is 37.4 Å². The number of carbonyl (C=O) groups excluding carboxylic acids is 2.